The Labute approximate surface area is 84.9 Å². The van der Waals surface area contributed by atoms with Crippen LogP contribution in [0.3, 0.4) is 0 Å². The van der Waals surface area contributed by atoms with Gasteiger partial charge in [0.1, 0.15) is 0 Å². The van der Waals surface area contributed by atoms with E-state index in [9.17, 15) is 0 Å². The summed E-state index contributed by atoms with van der Waals surface area (Å²) in [7, 11) is 1.79. The molecule has 0 aliphatic heterocycles. The molecule has 5 nitrogen and oxygen atoms in total. The van der Waals surface area contributed by atoms with Crippen molar-refractivity contribution in [1.82, 2.24) is 25.5 Å². The molecule has 1 unspecified atom stereocenters. The molecule has 1 aromatic rings. The Hall–Kier alpha value is -0.970. The first kappa shape index (κ1) is 11.1. The molecule has 0 fully saturated rings. The summed E-state index contributed by atoms with van der Waals surface area (Å²) >= 11 is 0. The maximum absolute atomic E-state index is 4.13. The summed E-state index contributed by atoms with van der Waals surface area (Å²) in [6.07, 6.45) is 3.19. The Morgan fingerprint density at radius 2 is 2.29 bits per heavy atom. The topological polar surface area (TPSA) is 55.6 Å². The zero-order valence-electron chi connectivity index (χ0n) is 9.19. The van der Waals surface area contributed by atoms with E-state index in [4.69, 9.17) is 0 Å². The predicted molar refractivity (Wildman–Crippen MR) is 54.9 cm³/mol. The molecule has 1 rings (SSSR count). The number of rotatable bonds is 6. The molecule has 0 bridgehead atoms. The first-order valence-corrected chi connectivity index (χ1v) is 5.18. The number of nitrogens with zero attached hydrogens (tertiary/aromatic N) is 4. The highest BCUT2D eigenvalue weighted by atomic mass is 15.6. The predicted octanol–water partition coefficient (Wildman–Crippen LogP) is 0.531. The molecule has 0 saturated heterocycles. The van der Waals surface area contributed by atoms with Gasteiger partial charge in [0.15, 0.2) is 5.82 Å². The van der Waals surface area contributed by atoms with Gasteiger partial charge in [0.05, 0.1) is 7.05 Å². The molecule has 80 valence electrons. The van der Waals surface area contributed by atoms with Crippen molar-refractivity contribution in [2.45, 2.75) is 39.2 Å². The van der Waals surface area contributed by atoms with Gasteiger partial charge >= 0.3 is 0 Å². The highest BCUT2D eigenvalue weighted by Gasteiger charge is 2.03. The van der Waals surface area contributed by atoms with Crippen LogP contribution < -0.4 is 5.32 Å². The standard InChI is InChI=1S/C9H19N5/c1-4-10-8(2)6-5-7-9-11-13-14(3)12-9/h8,10H,4-7H2,1-3H3. The molecule has 1 aromatic heterocycles. The fourth-order valence-corrected chi connectivity index (χ4v) is 1.44. The molecule has 0 aliphatic rings. The van der Waals surface area contributed by atoms with Gasteiger partial charge in [-0.25, -0.2) is 0 Å². The molecular formula is C9H19N5. The average molecular weight is 197 g/mol. The van der Waals surface area contributed by atoms with E-state index in [1.807, 2.05) is 0 Å². The van der Waals surface area contributed by atoms with Gasteiger partial charge in [-0.3, -0.25) is 0 Å². The zero-order chi connectivity index (χ0) is 10.4. The highest BCUT2D eigenvalue weighted by Crippen LogP contribution is 2.01. The van der Waals surface area contributed by atoms with E-state index in [0.29, 0.717) is 6.04 Å². The number of hydrogen-bond donors (Lipinski definition) is 1. The Bertz CT molecular complexity index is 257. The Morgan fingerprint density at radius 1 is 1.50 bits per heavy atom. The molecule has 0 aliphatic carbocycles. The van der Waals surface area contributed by atoms with Crippen LogP contribution in [0.1, 0.15) is 32.5 Å². The summed E-state index contributed by atoms with van der Waals surface area (Å²) in [6.45, 7) is 5.36. The van der Waals surface area contributed by atoms with E-state index >= 15 is 0 Å². The van der Waals surface area contributed by atoms with Crippen LogP contribution in [0.15, 0.2) is 0 Å². The van der Waals surface area contributed by atoms with Crippen molar-refractivity contribution < 1.29 is 0 Å². The van der Waals surface area contributed by atoms with Gasteiger partial charge in [-0.1, -0.05) is 6.92 Å². The van der Waals surface area contributed by atoms with Crippen LogP contribution in [0.2, 0.25) is 0 Å². The van der Waals surface area contributed by atoms with E-state index < -0.39 is 0 Å². The summed E-state index contributed by atoms with van der Waals surface area (Å²) in [5.41, 5.74) is 0. The monoisotopic (exact) mass is 197 g/mol. The molecule has 0 amide bonds. The molecule has 0 aromatic carbocycles. The fraction of sp³-hybridized carbons (Fsp3) is 0.889. The van der Waals surface area contributed by atoms with Crippen molar-refractivity contribution in [3.63, 3.8) is 0 Å². The summed E-state index contributed by atoms with van der Waals surface area (Å²) in [5, 5.41) is 15.2. The average Bonchev–Trinajstić information content (AvgIpc) is 2.52. The molecule has 0 spiro atoms. The van der Waals surface area contributed by atoms with Crippen LogP contribution in [-0.2, 0) is 13.5 Å². The second-order valence-corrected chi connectivity index (χ2v) is 3.55. The van der Waals surface area contributed by atoms with Crippen LogP contribution in [0.25, 0.3) is 0 Å². The fourth-order valence-electron chi connectivity index (χ4n) is 1.44. The van der Waals surface area contributed by atoms with Crippen molar-refractivity contribution in [2.75, 3.05) is 6.54 Å². The number of nitrogens with one attached hydrogen (secondary N) is 1. The van der Waals surface area contributed by atoms with Gasteiger partial charge in [-0.15, -0.1) is 10.2 Å². The first-order valence-electron chi connectivity index (χ1n) is 5.18. The highest BCUT2D eigenvalue weighted by molar-refractivity contribution is 4.77. The maximum Gasteiger partial charge on any atom is 0.174 e. The van der Waals surface area contributed by atoms with Crippen LogP contribution in [0, 0.1) is 0 Å². The quantitative estimate of drug-likeness (QED) is 0.723. The molecule has 14 heavy (non-hydrogen) atoms. The minimum atomic E-state index is 0.580. The second-order valence-electron chi connectivity index (χ2n) is 3.55. The van der Waals surface area contributed by atoms with Crippen molar-refractivity contribution in [3.05, 3.63) is 5.82 Å². The Balaban J connectivity index is 2.15. The second kappa shape index (κ2) is 5.70. The Morgan fingerprint density at radius 3 is 2.86 bits per heavy atom. The first-order chi connectivity index (χ1) is 6.72. The summed E-state index contributed by atoms with van der Waals surface area (Å²) in [5.74, 6) is 0.844. The van der Waals surface area contributed by atoms with Crippen LogP contribution in [0.5, 0.6) is 0 Å². The molecule has 5 heteroatoms. The molecule has 0 saturated carbocycles. The van der Waals surface area contributed by atoms with E-state index in [2.05, 4.69) is 34.6 Å². The maximum atomic E-state index is 4.13. The van der Waals surface area contributed by atoms with Crippen molar-refractivity contribution in [3.8, 4) is 0 Å². The number of aryl methyl sites for hydroxylation is 2. The molecule has 0 radical (unpaired) electrons. The molecule has 1 heterocycles. The van der Waals surface area contributed by atoms with Gasteiger partial charge < -0.3 is 5.32 Å². The third-order valence-corrected chi connectivity index (χ3v) is 2.14. The number of hydrogen-bond acceptors (Lipinski definition) is 4. The van der Waals surface area contributed by atoms with Gasteiger partial charge in [0.2, 0.25) is 0 Å². The molecular weight excluding hydrogens is 178 g/mol. The lowest BCUT2D eigenvalue weighted by Gasteiger charge is -2.10. The van der Waals surface area contributed by atoms with Gasteiger partial charge in [0, 0.05) is 12.5 Å². The van der Waals surface area contributed by atoms with Crippen molar-refractivity contribution in [1.29, 1.82) is 0 Å². The van der Waals surface area contributed by atoms with Crippen LogP contribution in [0.4, 0.5) is 0 Å². The Kier molecular flexibility index (Phi) is 4.52. The summed E-state index contributed by atoms with van der Waals surface area (Å²) in [4.78, 5) is 1.50. The van der Waals surface area contributed by atoms with Gasteiger partial charge in [0.25, 0.3) is 0 Å². The van der Waals surface area contributed by atoms with Crippen LogP contribution in [-0.4, -0.2) is 32.8 Å². The summed E-state index contributed by atoms with van der Waals surface area (Å²) < 4.78 is 0. The van der Waals surface area contributed by atoms with Crippen molar-refractivity contribution >= 4 is 0 Å². The van der Waals surface area contributed by atoms with Crippen molar-refractivity contribution in [2.24, 2.45) is 7.05 Å². The minimum Gasteiger partial charge on any atom is -0.315 e. The van der Waals surface area contributed by atoms with Gasteiger partial charge in [-0.05, 0) is 31.5 Å². The number of aromatic nitrogens is 4. The third-order valence-electron chi connectivity index (χ3n) is 2.14. The molecule has 1 atom stereocenters. The lowest BCUT2D eigenvalue weighted by molar-refractivity contribution is 0.509. The normalized spacial score (nSPS) is 13.1. The third kappa shape index (κ3) is 3.83. The van der Waals surface area contributed by atoms with Gasteiger partial charge in [-0.2, -0.15) is 4.80 Å². The van der Waals surface area contributed by atoms with E-state index in [1.165, 1.54) is 4.80 Å². The molecule has 1 N–H and O–H groups in total. The minimum absolute atomic E-state index is 0.580. The largest absolute Gasteiger partial charge is 0.315 e. The zero-order valence-corrected chi connectivity index (χ0v) is 9.19. The van der Waals surface area contributed by atoms with E-state index in [1.54, 1.807) is 7.05 Å². The lowest BCUT2D eigenvalue weighted by atomic mass is 10.1. The van der Waals surface area contributed by atoms with E-state index in [-0.39, 0.29) is 0 Å². The SMILES string of the molecule is CCNC(C)CCCc1nnn(C)n1. The summed E-state index contributed by atoms with van der Waals surface area (Å²) in [6, 6.07) is 0.580. The van der Waals surface area contributed by atoms with Crippen LogP contribution >= 0.6 is 0 Å². The number of tetrazole rings is 1. The lowest BCUT2D eigenvalue weighted by Crippen LogP contribution is -2.25. The smallest absolute Gasteiger partial charge is 0.174 e. The van der Waals surface area contributed by atoms with E-state index in [0.717, 1.165) is 31.6 Å².